The fourth-order valence-electron chi connectivity index (χ4n) is 4.02. The molecule has 7 heteroatoms. The summed E-state index contributed by atoms with van der Waals surface area (Å²) >= 11 is 0. The number of ether oxygens (including phenoxy) is 1. The SMILES string of the molecule is C[C@@H](C(=O)Nc1ccc(N2CCOCC2)cc1)N1CCN(c2ccc(O)cc2)CC1. The highest BCUT2D eigenvalue weighted by atomic mass is 16.5. The average molecular weight is 411 g/mol. The highest BCUT2D eigenvalue weighted by Gasteiger charge is 2.25. The third-order valence-electron chi connectivity index (χ3n) is 5.97. The summed E-state index contributed by atoms with van der Waals surface area (Å²) in [5, 5.41) is 12.5. The molecule has 7 nitrogen and oxygen atoms in total. The molecule has 0 unspecified atom stereocenters. The van der Waals surface area contributed by atoms with Gasteiger partial charge in [-0.25, -0.2) is 0 Å². The van der Waals surface area contributed by atoms with E-state index in [0.29, 0.717) is 0 Å². The molecule has 0 aliphatic carbocycles. The summed E-state index contributed by atoms with van der Waals surface area (Å²) < 4.78 is 5.40. The maximum absolute atomic E-state index is 12.8. The minimum atomic E-state index is -0.189. The van der Waals surface area contributed by atoms with Crippen LogP contribution in [-0.2, 0) is 9.53 Å². The smallest absolute Gasteiger partial charge is 0.241 e. The summed E-state index contributed by atoms with van der Waals surface area (Å²) in [7, 11) is 0. The summed E-state index contributed by atoms with van der Waals surface area (Å²) in [6.07, 6.45) is 0. The Hall–Kier alpha value is -2.77. The number of phenolic OH excluding ortho intramolecular Hbond substituents is 1. The molecule has 2 aromatic carbocycles. The number of hydrogen-bond acceptors (Lipinski definition) is 6. The van der Waals surface area contributed by atoms with Gasteiger partial charge in [0.2, 0.25) is 5.91 Å². The van der Waals surface area contributed by atoms with Crippen molar-refractivity contribution in [3.8, 4) is 5.75 Å². The molecular formula is C23H30N4O3. The first-order valence-corrected chi connectivity index (χ1v) is 10.6. The number of anilines is 3. The number of carbonyl (C=O) groups excluding carboxylic acids is 1. The maximum atomic E-state index is 12.8. The van der Waals surface area contributed by atoms with E-state index in [1.807, 2.05) is 31.2 Å². The lowest BCUT2D eigenvalue weighted by atomic mass is 10.2. The molecule has 1 atom stereocenters. The van der Waals surface area contributed by atoms with Crippen LogP contribution in [0.5, 0.6) is 5.75 Å². The zero-order chi connectivity index (χ0) is 20.9. The predicted molar refractivity (Wildman–Crippen MR) is 119 cm³/mol. The molecule has 2 heterocycles. The van der Waals surface area contributed by atoms with Gasteiger partial charge in [-0.2, -0.15) is 0 Å². The number of hydrogen-bond donors (Lipinski definition) is 2. The van der Waals surface area contributed by atoms with Crippen LogP contribution < -0.4 is 15.1 Å². The minimum Gasteiger partial charge on any atom is -0.508 e. The van der Waals surface area contributed by atoms with E-state index < -0.39 is 0 Å². The number of nitrogens with one attached hydrogen (secondary N) is 1. The van der Waals surface area contributed by atoms with E-state index >= 15 is 0 Å². The lowest BCUT2D eigenvalue weighted by molar-refractivity contribution is -0.120. The summed E-state index contributed by atoms with van der Waals surface area (Å²) in [5.41, 5.74) is 3.09. The predicted octanol–water partition coefficient (Wildman–Crippen LogP) is 2.38. The van der Waals surface area contributed by atoms with Crippen molar-refractivity contribution in [2.45, 2.75) is 13.0 Å². The van der Waals surface area contributed by atoms with Crippen LogP contribution in [-0.4, -0.2) is 74.4 Å². The quantitative estimate of drug-likeness (QED) is 0.789. The van der Waals surface area contributed by atoms with Gasteiger partial charge in [0.25, 0.3) is 0 Å². The summed E-state index contributed by atoms with van der Waals surface area (Å²) in [6, 6.07) is 15.2. The van der Waals surface area contributed by atoms with Crippen molar-refractivity contribution in [1.29, 1.82) is 0 Å². The first-order valence-electron chi connectivity index (χ1n) is 10.6. The van der Waals surface area contributed by atoms with Crippen molar-refractivity contribution >= 4 is 23.0 Å². The van der Waals surface area contributed by atoms with Crippen LogP contribution in [0.25, 0.3) is 0 Å². The molecule has 0 radical (unpaired) electrons. The number of benzene rings is 2. The van der Waals surface area contributed by atoms with Crippen LogP contribution in [0.3, 0.4) is 0 Å². The van der Waals surface area contributed by atoms with E-state index in [1.54, 1.807) is 12.1 Å². The van der Waals surface area contributed by atoms with Crippen molar-refractivity contribution < 1.29 is 14.6 Å². The molecule has 0 bridgehead atoms. The van der Waals surface area contributed by atoms with Crippen LogP contribution >= 0.6 is 0 Å². The van der Waals surface area contributed by atoms with Gasteiger partial charge in [-0.15, -0.1) is 0 Å². The number of amides is 1. The van der Waals surface area contributed by atoms with Crippen molar-refractivity contribution in [3.63, 3.8) is 0 Å². The maximum Gasteiger partial charge on any atom is 0.241 e. The Balaban J connectivity index is 1.28. The van der Waals surface area contributed by atoms with Crippen molar-refractivity contribution in [3.05, 3.63) is 48.5 Å². The van der Waals surface area contributed by atoms with E-state index in [-0.39, 0.29) is 17.7 Å². The molecule has 30 heavy (non-hydrogen) atoms. The number of aromatic hydroxyl groups is 1. The monoisotopic (exact) mass is 410 g/mol. The molecule has 2 saturated heterocycles. The fraction of sp³-hybridized carbons (Fsp3) is 0.435. The second-order valence-electron chi connectivity index (χ2n) is 7.85. The molecule has 2 aliphatic heterocycles. The third kappa shape index (κ3) is 4.86. The number of morpholine rings is 1. The number of phenols is 1. The van der Waals surface area contributed by atoms with Crippen molar-refractivity contribution in [2.75, 3.05) is 67.6 Å². The standard InChI is InChI=1S/C23H30N4O3/c1-18(25-10-12-26(13-11-25)21-6-8-22(28)9-7-21)23(29)24-19-2-4-20(5-3-19)27-14-16-30-17-15-27/h2-9,18,28H,10-17H2,1H3,(H,24,29)/t18-/m0/s1. The number of nitrogens with zero attached hydrogens (tertiary/aromatic N) is 3. The van der Waals surface area contributed by atoms with Gasteiger partial charge in [-0.3, -0.25) is 9.69 Å². The van der Waals surface area contributed by atoms with Gasteiger partial charge >= 0.3 is 0 Å². The molecular weight excluding hydrogens is 380 g/mol. The highest BCUT2D eigenvalue weighted by molar-refractivity contribution is 5.94. The van der Waals surface area contributed by atoms with Gasteiger partial charge in [-0.05, 0) is 55.5 Å². The molecule has 2 fully saturated rings. The van der Waals surface area contributed by atoms with Gasteiger partial charge in [0, 0.05) is 56.3 Å². The minimum absolute atomic E-state index is 0.0206. The number of piperazine rings is 1. The Morgan fingerprint density at radius 2 is 1.40 bits per heavy atom. The largest absolute Gasteiger partial charge is 0.508 e. The van der Waals surface area contributed by atoms with E-state index in [1.165, 1.54) is 0 Å². The van der Waals surface area contributed by atoms with Gasteiger partial charge in [-0.1, -0.05) is 0 Å². The zero-order valence-corrected chi connectivity index (χ0v) is 17.5. The third-order valence-corrected chi connectivity index (χ3v) is 5.97. The van der Waals surface area contributed by atoms with Crippen LogP contribution in [0.2, 0.25) is 0 Å². The second kappa shape index (κ2) is 9.36. The lowest BCUT2D eigenvalue weighted by Crippen LogP contribution is -2.52. The molecule has 1 amide bonds. The van der Waals surface area contributed by atoms with Crippen LogP contribution in [0.4, 0.5) is 17.1 Å². The Bertz CT molecular complexity index is 827. The molecule has 2 N–H and O–H groups in total. The Morgan fingerprint density at radius 3 is 2.00 bits per heavy atom. The molecule has 4 rings (SSSR count). The highest BCUT2D eigenvalue weighted by Crippen LogP contribution is 2.22. The summed E-state index contributed by atoms with van der Waals surface area (Å²) in [6.45, 7) is 8.65. The molecule has 2 aromatic rings. The van der Waals surface area contributed by atoms with E-state index in [2.05, 4.69) is 32.1 Å². The van der Waals surface area contributed by atoms with E-state index in [9.17, 15) is 9.90 Å². The number of rotatable bonds is 5. The average Bonchev–Trinajstić information content (AvgIpc) is 2.80. The summed E-state index contributed by atoms with van der Waals surface area (Å²) in [5.74, 6) is 0.299. The van der Waals surface area contributed by atoms with E-state index in [0.717, 1.165) is 69.5 Å². The normalized spacial score (nSPS) is 18.8. The van der Waals surface area contributed by atoms with Gasteiger partial charge in [0.05, 0.1) is 19.3 Å². The molecule has 0 spiro atoms. The van der Waals surface area contributed by atoms with Crippen LogP contribution in [0.1, 0.15) is 6.92 Å². The lowest BCUT2D eigenvalue weighted by Gasteiger charge is -2.38. The van der Waals surface area contributed by atoms with Gasteiger partial charge < -0.3 is 25.0 Å². The van der Waals surface area contributed by atoms with Crippen LogP contribution in [0, 0.1) is 0 Å². The topological polar surface area (TPSA) is 68.3 Å². The first-order chi connectivity index (χ1) is 14.6. The molecule has 0 aromatic heterocycles. The Morgan fingerprint density at radius 1 is 0.867 bits per heavy atom. The van der Waals surface area contributed by atoms with Gasteiger partial charge in [0.15, 0.2) is 0 Å². The first kappa shape index (κ1) is 20.5. The second-order valence-corrected chi connectivity index (χ2v) is 7.85. The van der Waals surface area contributed by atoms with Gasteiger partial charge in [0.1, 0.15) is 5.75 Å². The van der Waals surface area contributed by atoms with Crippen molar-refractivity contribution in [2.24, 2.45) is 0 Å². The number of carbonyl (C=O) groups is 1. The van der Waals surface area contributed by atoms with Crippen molar-refractivity contribution in [1.82, 2.24) is 4.90 Å². The Labute approximate surface area is 177 Å². The molecule has 0 saturated carbocycles. The summed E-state index contributed by atoms with van der Waals surface area (Å²) in [4.78, 5) is 19.6. The zero-order valence-electron chi connectivity index (χ0n) is 17.5. The van der Waals surface area contributed by atoms with Crippen LogP contribution in [0.15, 0.2) is 48.5 Å². The fourth-order valence-corrected chi connectivity index (χ4v) is 4.02. The molecule has 160 valence electrons. The molecule has 2 aliphatic rings. The Kier molecular flexibility index (Phi) is 6.40. The van der Waals surface area contributed by atoms with E-state index in [4.69, 9.17) is 4.74 Å².